The Kier molecular flexibility index (Phi) is 3.75. The van der Waals surface area contributed by atoms with Crippen LogP contribution in [0.3, 0.4) is 0 Å². The second-order valence-corrected chi connectivity index (χ2v) is 4.43. The largest absolute Gasteiger partial charge is 0.397 e. The predicted octanol–water partition coefficient (Wildman–Crippen LogP) is 2.87. The van der Waals surface area contributed by atoms with Crippen LogP contribution in [0.4, 0.5) is 5.69 Å². The van der Waals surface area contributed by atoms with E-state index in [-0.39, 0.29) is 6.10 Å². The fourth-order valence-electron chi connectivity index (χ4n) is 1.53. The molecule has 2 heterocycles. The molecule has 0 fully saturated rings. The predicted molar refractivity (Wildman–Crippen MR) is 66.7 cm³/mol. The third-order valence-electron chi connectivity index (χ3n) is 2.36. The minimum Gasteiger partial charge on any atom is -0.397 e. The number of rotatable bonds is 5. The Bertz CT molecular complexity index is 481. The lowest BCUT2D eigenvalue weighted by molar-refractivity contribution is 0.0518. The minimum atomic E-state index is -0.112. The highest BCUT2D eigenvalue weighted by Gasteiger charge is 2.19. The molecule has 2 rings (SSSR count). The van der Waals surface area contributed by atoms with Gasteiger partial charge in [-0.05, 0) is 24.8 Å². The molecule has 0 radical (unpaired) electrons. The molecule has 2 aromatic heterocycles. The molecule has 1 atom stereocenters. The summed E-state index contributed by atoms with van der Waals surface area (Å²) in [5, 5.41) is 5.84. The molecule has 0 aliphatic carbocycles. The van der Waals surface area contributed by atoms with Gasteiger partial charge in [-0.2, -0.15) is 4.98 Å². The first-order valence-electron chi connectivity index (χ1n) is 5.54. The topological polar surface area (TPSA) is 74.2 Å². The van der Waals surface area contributed by atoms with Gasteiger partial charge in [0.15, 0.2) is 0 Å². The Morgan fingerprint density at radius 2 is 2.35 bits per heavy atom. The Morgan fingerprint density at radius 1 is 1.53 bits per heavy atom. The molecule has 6 heteroatoms. The van der Waals surface area contributed by atoms with Crippen LogP contribution in [0.15, 0.2) is 16.0 Å². The van der Waals surface area contributed by atoms with E-state index in [1.165, 1.54) is 11.3 Å². The third kappa shape index (κ3) is 2.48. The fourth-order valence-corrected chi connectivity index (χ4v) is 2.27. The van der Waals surface area contributed by atoms with Gasteiger partial charge in [-0.25, -0.2) is 0 Å². The molecule has 0 bridgehead atoms. The summed E-state index contributed by atoms with van der Waals surface area (Å²) in [4.78, 5) is 5.15. The maximum atomic E-state index is 5.80. The summed E-state index contributed by atoms with van der Waals surface area (Å²) in [5.74, 6) is 1.04. The van der Waals surface area contributed by atoms with E-state index in [0.29, 0.717) is 24.0 Å². The van der Waals surface area contributed by atoms with Crippen molar-refractivity contribution < 1.29 is 9.26 Å². The van der Waals surface area contributed by atoms with E-state index in [1.807, 2.05) is 25.3 Å². The van der Waals surface area contributed by atoms with E-state index in [4.69, 9.17) is 15.0 Å². The number of ether oxygens (including phenoxy) is 1. The monoisotopic (exact) mass is 253 g/mol. The van der Waals surface area contributed by atoms with Gasteiger partial charge in [0.05, 0.1) is 5.69 Å². The highest BCUT2D eigenvalue weighted by Crippen LogP contribution is 2.31. The van der Waals surface area contributed by atoms with E-state index in [2.05, 4.69) is 10.1 Å². The van der Waals surface area contributed by atoms with Gasteiger partial charge in [-0.1, -0.05) is 12.1 Å². The number of nitrogens with two attached hydrogens (primary N) is 1. The van der Waals surface area contributed by atoms with Crippen LogP contribution in [-0.4, -0.2) is 16.7 Å². The lowest BCUT2D eigenvalue weighted by Gasteiger charge is -2.09. The summed E-state index contributed by atoms with van der Waals surface area (Å²) in [6, 6.07) is 1.82. The SMILES string of the molecule is CCOC(CC)c1noc(-c2sccc2N)n1. The smallest absolute Gasteiger partial charge is 0.270 e. The molecule has 0 saturated carbocycles. The van der Waals surface area contributed by atoms with Crippen molar-refractivity contribution in [2.24, 2.45) is 0 Å². The first-order valence-corrected chi connectivity index (χ1v) is 6.42. The maximum absolute atomic E-state index is 5.80. The van der Waals surface area contributed by atoms with E-state index in [0.717, 1.165) is 11.3 Å². The summed E-state index contributed by atoms with van der Waals surface area (Å²) in [6.07, 6.45) is 0.700. The highest BCUT2D eigenvalue weighted by molar-refractivity contribution is 7.14. The van der Waals surface area contributed by atoms with Crippen LogP contribution in [-0.2, 0) is 4.74 Å². The summed E-state index contributed by atoms with van der Waals surface area (Å²) in [7, 11) is 0. The van der Waals surface area contributed by atoms with Gasteiger partial charge >= 0.3 is 0 Å². The van der Waals surface area contributed by atoms with E-state index in [9.17, 15) is 0 Å². The zero-order valence-corrected chi connectivity index (χ0v) is 10.7. The number of nitrogens with zero attached hydrogens (tertiary/aromatic N) is 2. The third-order valence-corrected chi connectivity index (χ3v) is 3.28. The quantitative estimate of drug-likeness (QED) is 0.886. The average molecular weight is 253 g/mol. The zero-order valence-electron chi connectivity index (χ0n) is 9.84. The number of anilines is 1. The zero-order chi connectivity index (χ0) is 12.3. The number of nitrogen functional groups attached to an aromatic ring is 1. The summed E-state index contributed by atoms with van der Waals surface area (Å²) >= 11 is 1.49. The first kappa shape index (κ1) is 12.1. The van der Waals surface area contributed by atoms with Gasteiger partial charge in [0.25, 0.3) is 5.89 Å². The molecule has 2 aromatic rings. The van der Waals surface area contributed by atoms with Gasteiger partial charge in [0.1, 0.15) is 11.0 Å². The van der Waals surface area contributed by atoms with Crippen LogP contribution in [0, 0.1) is 0 Å². The van der Waals surface area contributed by atoms with Crippen molar-refractivity contribution in [1.82, 2.24) is 10.1 Å². The minimum absolute atomic E-state index is 0.112. The Balaban J connectivity index is 2.24. The second kappa shape index (κ2) is 5.29. The van der Waals surface area contributed by atoms with E-state index >= 15 is 0 Å². The van der Waals surface area contributed by atoms with Crippen LogP contribution in [0.25, 0.3) is 10.8 Å². The van der Waals surface area contributed by atoms with Gasteiger partial charge in [0, 0.05) is 6.61 Å². The highest BCUT2D eigenvalue weighted by atomic mass is 32.1. The molecule has 0 amide bonds. The molecular formula is C11H15N3O2S. The van der Waals surface area contributed by atoms with Crippen molar-refractivity contribution in [3.63, 3.8) is 0 Å². The molecule has 0 spiro atoms. The van der Waals surface area contributed by atoms with Crippen LogP contribution >= 0.6 is 11.3 Å². The van der Waals surface area contributed by atoms with Crippen LogP contribution < -0.4 is 5.73 Å². The Hall–Kier alpha value is -1.40. The first-order chi connectivity index (χ1) is 8.26. The van der Waals surface area contributed by atoms with Crippen molar-refractivity contribution in [2.75, 3.05) is 12.3 Å². The van der Waals surface area contributed by atoms with Crippen LogP contribution in [0.1, 0.15) is 32.2 Å². The van der Waals surface area contributed by atoms with Crippen molar-refractivity contribution in [3.8, 4) is 10.8 Å². The number of thiophene rings is 1. The molecule has 0 saturated heterocycles. The molecule has 0 aliphatic rings. The summed E-state index contributed by atoms with van der Waals surface area (Å²) < 4.78 is 10.7. The molecule has 0 aromatic carbocycles. The van der Waals surface area contributed by atoms with Crippen molar-refractivity contribution in [3.05, 3.63) is 17.3 Å². The number of hydrogen-bond donors (Lipinski definition) is 1. The van der Waals surface area contributed by atoms with Crippen molar-refractivity contribution >= 4 is 17.0 Å². The number of aromatic nitrogens is 2. The molecule has 2 N–H and O–H groups in total. The molecule has 0 aliphatic heterocycles. The Morgan fingerprint density at radius 3 is 2.94 bits per heavy atom. The lowest BCUT2D eigenvalue weighted by Crippen LogP contribution is -2.04. The van der Waals surface area contributed by atoms with Gasteiger partial charge < -0.3 is 15.0 Å². The lowest BCUT2D eigenvalue weighted by atomic mass is 10.2. The van der Waals surface area contributed by atoms with Crippen molar-refractivity contribution in [1.29, 1.82) is 0 Å². The van der Waals surface area contributed by atoms with E-state index in [1.54, 1.807) is 0 Å². The molecule has 5 nitrogen and oxygen atoms in total. The normalized spacial score (nSPS) is 12.8. The molecular weight excluding hydrogens is 238 g/mol. The van der Waals surface area contributed by atoms with E-state index < -0.39 is 0 Å². The van der Waals surface area contributed by atoms with Crippen molar-refractivity contribution in [2.45, 2.75) is 26.4 Å². The van der Waals surface area contributed by atoms with Gasteiger partial charge in [-0.15, -0.1) is 11.3 Å². The van der Waals surface area contributed by atoms with Crippen LogP contribution in [0.5, 0.6) is 0 Å². The van der Waals surface area contributed by atoms with Gasteiger partial charge in [-0.3, -0.25) is 0 Å². The number of hydrogen-bond acceptors (Lipinski definition) is 6. The molecule has 1 unspecified atom stereocenters. The maximum Gasteiger partial charge on any atom is 0.270 e. The Labute approximate surface area is 104 Å². The fraction of sp³-hybridized carbons (Fsp3) is 0.455. The van der Waals surface area contributed by atoms with Crippen LogP contribution in [0.2, 0.25) is 0 Å². The summed E-state index contributed by atoms with van der Waals surface area (Å²) in [6.45, 7) is 4.60. The summed E-state index contributed by atoms with van der Waals surface area (Å²) in [5.41, 5.74) is 6.46. The average Bonchev–Trinajstić information content (AvgIpc) is 2.94. The second-order valence-electron chi connectivity index (χ2n) is 3.52. The molecule has 17 heavy (non-hydrogen) atoms. The molecule has 92 valence electrons. The van der Waals surface area contributed by atoms with Gasteiger partial charge in [0.2, 0.25) is 5.82 Å². The standard InChI is InChI=1S/C11H15N3O2S/c1-3-8(15-4-2)10-13-11(16-14-10)9-7(12)5-6-17-9/h5-6,8H,3-4,12H2,1-2H3.